The first-order valence-corrected chi connectivity index (χ1v) is 6.98. The lowest BCUT2D eigenvalue weighted by atomic mass is 10.1. The van der Waals surface area contributed by atoms with E-state index in [1.807, 2.05) is 0 Å². The second-order valence-corrected chi connectivity index (χ2v) is 4.62. The van der Waals surface area contributed by atoms with Crippen molar-refractivity contribution in [1.29, 1.82) is 0 Å². The zero-order chi connectivity index (χ0) is 13.9. The molecule has 4 heteroatoms. The van der Waals surface area contributed by atoms with Crippen LogP contribution in [0.4, 0.5) is 10.1 Å². The van der Waals surface area contributed by atoms with Crippen LogP contribution >= 0.6 is 0 Å². The van der Waals surface area contributed by atoms with Gasteiger partial charge in [0.1, 0.15) is 5.82 Å². The van der Waals surface area contributed by atoms with Gasteiger partial charge >= 0.3 is 0 Å². The number of unbranched alkanes of at least 4 members (excludes halogenated alkanes) is 4. The predicted molar refractivity (Wildman–Crippen MR) is 76.7 cm³/mol. The Labute approximate surface area is 114 Å². The number of amides is 1. The maximum atomic E-state index is 12.7. The van der Waals surface area contributed by atoms with Crippen LogP contribution in [0.2, 0.25) is 0 Å². The van der Waals surface area contributed by atoms with E-state index in [-0.39, 0.29) is 18.3 Å². The molecule has 0 saturated carbocycles. The number of nitrogens with one attached hydrogen (secondary N) is 2. The van der Waals surface area contributed by atoms with Gasteiger partial charge in [0.05, 0.1) is 6.54 Å². The van der Waals surface area contributed by atoms with Crippen LogP contribution in [0.15, 0.2) is 24.3 Å². The maximum absolute atomic E-state index is 12.7. The van der Waals surface area contributed by atoms with Crippen molar-refractivity contribution in [2.24, 2.45) is 0 Å². The zero-order valence-electron chi connectivity index (χ0n) is 11.5. The van der Waals surface area contributed by atoms with Crippen molar-refractivity contribution in [1.82, 2.24) is 5.32 Å². The van der Waals surface area contributed by atoms with Crippen molar-refractivity contribution in [3.63, 3.8) is 0 Å². The van der Waals surface area contributed by atoms with Gasteiger partial charge in [-0.15, -0.1) is 0 Å². The highest BCUT2D eigenvalue weighted by Crippen LogP contribution is 2.07. The fourth-order valence-corrected chi connectivity index (χ4v) is 1.77. The van der Waals surface area contributed by atoms with Gasteiger partial charge in [-0.05, 0) is 30.7 Å². The van der Waals surface area contributed by atoms with Crippen molar-refractivity contribution in [3.05, 3.63) is 30.1 Å². The van der Waals surface area contributed by atoms with Gasteiger partial charge in [0, 0.05) is 12.2 Å². The molecule has 0 bridgehead atoms. The highest BCUT2D eigenvalue weighted by molar-refractivity contribution is 5.80. The normalized spacial score (nSPS) is 10.2. The number of carbonyl (C=O) groups is 1. The molecule has 2 N–H and O–H groups in total. The second-order valence-electron chi connectivity index (χ2n) is 4.62. The molecule has 0 aromatic heterocycles. The summed E-state index contributed by atoms with van der Waals surface area (Å²) < 4.78 is 12.7. The number of anilines is 1. The van der Waals surface area contributed by atoms with Gasteiger partial charge in [-0.25, -0.2) is 4.39 Å². The molecule has 0 aliphatic heterocycles. The summed E-state index contributed by atoms with van der Waals surface area (Å²) in [6, 6.07) is 5.97. The van der Waals surface area contributed by atoms with Crippen LogP contribution in [-0.4, -0.2) is 19.0 Å². The van der Waals surface area contributed by atoms with Crippen molar-refractivity contribution in [2.75, 3.05) is 18.4 Å². The lowest BCUT2D eigenvalue weighted by molar-refractivity contribution is -0.119. The largest absolute Gasteiger partial charge is 0.376 e. The molecule has 0 aliphatic rings. The molecule has 1 aromatic rings. The monoisotopic (exact) mass is 266 g/mol. The van der Waals surface area contributed by atoms with Gasteiger partial charge in [-0.2, -0.15) is 0 Å². The van der Waals surface area contributed by atoms with Crippen LogP contribution in [-0.2, 0) is 4.79 Å². The summed E-state index contributed by atoms with van der Waals surface area (Å²) in [4.78, 5) is 11.5. The Morgan fingerprint density at radius 3 is 2.47 bits per heavy atom. The quantitative estimate of drug-likeness (QED) is 0.673. The standard InChI is InChI=1S/C15H23FN2O/c1-2-3-4-5-6-11-17-15(19)12-18-14-9-7-13(16)8-10-14/h7-10,18H,2-6,11-12H2,1H3,(H,17,19). The molecule has 19 heavy (non-hydrogen) atoms. The molecule has 0 heterocycles. The molecule has 0 spiro atoms. The van der Waals surface area contributed by atoms with Gasteiger partial charge in [-0.1, -0.05) is 32.6 Å². The van der Waals surface area contributed by atoms with Crippen molar-refractivity contribution in [3.8, 4) is 0 Å². The Balaban J connectivity index is 2.06. The molecule has 0 atom stereocenters. The van der Waals surface area contributed by atoms with Gasteiger partial charge in [0.25, 0.3) is 0 Å². The Hall–Kier alpha value is -1.58. The lowest BCUT2D eigenvalue weighted by Gasteiger charge is -2.07. The summed E-state index contributed by atoms with van der Waals surface area (Å²) in [5.41, 5.74) is 0.750. The molecule has 0 unspecified atom stereocenters. The summed E-state index contributed by atoms with van der Waals surface area (Å²) in [5, 5.41) is 5.82. The van der Waals surface area contributed by atoms with E-state index in [4.69, 9.17) is 0 Å². The van der Waals surface area contributed by atoms with E-state index in [0.717, 1.165) is 18.7 Å². The highest BCUT2D eigenvalue weighted by atomic mass is 19.1. The summed E-state index contributed by atoms with van der Waals surface area (Å²) >= 11 is 0. The molecule has 3 nitrogen and oxygen atoms in total. The first kappa shape index (κ1) is 15.5. The third kappa shape index (κ3) is 7.44. The molecular weight excluding hydrogens is 243 g/mol. The van der Waals surface area contributed by atoms with Crippen LogP contribution in [0.3, 0.4) is 0 Å². The fraction of sp³-hybridized carbons (Fsp3) is 0.533. The first-order valence-electron chi connectivity index (χ1n) is 6.98. The summed E-state index contributed by atoms with van der Waals surface area (Å²) in [7, 11) is 0. The highest BCUT2D eigenvalue weighted by Gasteiger charge is 2.00. The van der Waals surface area contributed by atoms with Crippen molar-refractivity contribution in [2.45, 2.75) is 39.0 Å². The van der Waals surface area contributed by atoms with Gasteiger partial charge < -0.3 is 10.6 Å². The molecule has 106 valence electrons. The number of hydrogen-bond acceptors (Lipinski definition) is 2. The van der Waals surface area contributed by atoms with E-state index in [1.165, 1.54) is 37.8 Å². The second kappa shape index (κ2) is 9.36. The fourth-order valence-electron chi connectivity index (χ4n) is 1.77. The van der Waals surface area contributed by atoms with E-state index in [9.17, 15) is 9.18 Å². The minimum atomic E-state index is -0.276. The third-order valence-corrected chi connectivity index (χ3v) is 2.90. The van der Waals surface area contributed by atoms with Crippen LogP contribution in [0.5, 0.6) is 0 Å². The maximum Gasteiger partial charge on any atom is 0.239 e. The molecule has 1 rings (SSSR count). The third-order valence-electron chi connectivity index (χ3n) is 2.90. The van der Waals surface area contributed by atoms with Crippen LogP contribution < -0.4 is 10.6 Å². The van der Waals surface area contributed by atoms with Gasteiger partial charge in [-0.3, -0.25) is 4.79 Å². The van der Waals surface area contributed by atoms with Gasteiger partial charge in [0.2, 0.25) is 5.91 Å². The summed E-state index contributed by atoms with van der Waals surface area (Å²) in [6.45, 7) is 3.14. The predicted octanol–water partition coefficient (Wildman–Crippen LogP) is 3.32. The average molecular weight is 266 g/mol. The molecule has 1 aromatic carbocycles. The summed E-state index contributed by atoms with van der Waals surface area (Å²) in [5.74, 6) is -0.304. The Kier molecular flexibility index (Phi) is 7.63. The molecule has 0 aliphatic carbocycles. The van der Waals surface area contributed by atoms with E-state index in [1.54, 1.807) is 12.1 Å². The minimum absolute atomic E-state index is 0.0279. The zero-order valence-corrected chi connectivity index (χ0v) is 11.5. The molecule has 0 saturated heterocycles. The lowest BCUT2D eigenvalue weighted by Crippen LogP contribution is -2.30. The van der Waals surface area contributed by atoms with Crippen molar-refractivity contribution >= 4 is 11.6 Å². The molecule has 0 fully saturated rings. The Morgan fingerprint density at radius 2 is 1.79 bits per heavy atom. The smallest absolute Gasteiger partial charge is 0.239 e. The van der Waals surface area contributed by atoms with E-state index >= 15 is 0 Å². The Morgan fingerprint density at radius 1 is 1.11 bits per heavy atom. The van der Waals surface area contributed by atoms with Crippen molar-refractivity contribution < 1.29 is 9.18 Å². The molecular formula is C15H23FN2O. The van der Waals surface area contributed by atoms with E-state index < -0.39 is 0 Å². The van der Waals surface area contributed by atoms with Crippen LogP contribution in [0, 0.1) is 5.82 Å². The number of halogens is 1. The van der Waals surface area contributed by atoms with Crippen LogP contribution in [0.25, 0.3) is 0 Å². The average Bonchev–Trinajstić information content (AvgIpc) is 2.42. The van der Waals surface area contributed by atoms with Gasteiger partial charge in [0.15, 0.2) is 0 Å². The SMILES string of the molecule is CCCCCCCNC(=O)CNc1ccc(F)cc1. The summed E-state index contributed by atoms with van der Waals surface area (Å²) in [6.07, 6.45) is 5.93. The number of hydrogen-bond donors (Lipinski definition) is 2. The molecule has 1 amide bonds. The number of benzene rings is 1. The van der Waals surface area contributed by atoms with E-state index in [0.29, 0.717) is 0 Å². The topological polar surface area (TPSA) is 41.1 Å². The van der Waals surface area contributed by atoms with Crippen LogP contribution in [0.1, 0.15) is 39.0 Å². The van der Waals surface area contributed by atoms with E-state index in [2.05, 4.69) is 17.6 Å². The first-order chi connectivity index (χ1) is 9.22. The molecule has 0 radical (unpaired) electrons. The number of carbonyl (C=O) groups excluding carboxylic acids is 1. The number of rotatable bonds is 9. The Bertz CT molecular complexity index is 365. The minimum Gasteiger partial charge on any atom is -0.376 e.